The van der Waals surface area contributed by atoms with Crippen LogP contribution in [0.25, 0.3) is 0 Å². The van der Waals surface area contributed by atoms with Gasteiger partial charge in [-0.3, -0.25) is 9.59 Å². The molecule has 1 aromatic carbocycles. The van der Waals surface area contributed by atoms with Crippen LogP contribution in [0.2, 0.25) is 0 Å². The average Bonchev–Trinajstić information content (AvgIpc) is 3.15. The highest BCUT2D eigenvalue weighted by Crippen LogP contribution is 2.21. The van der Waals surface area contributed by atoms with E-state index in [9.17, 15) is 9.59 Å². The van der Waals surface area contributed by atoms with E-state index in [4.69, 9.17) is 0 Å². The standard InChI is InChI=1S/C18H19IN2O2S/c19-15-5-3-13(4-6-15)12-20-17(22)14-7-9-21(10-8-14)18(23)16-2-1-11-24-16/h1-6,11,14H,7-10,12H2,(H,20,22). The molecule has 0 bridgehead atoms. The zero-order chi connectivity index (χ0) is 16.9. The van der Waals surface area contributed by atoms with Gasteiger partial charge in [0.05, 0.1) is 4.88 Å². The number of carbonyl (C=O) groups excluding carboxylic acids is 2. The van der Waals surface area contributed by atoms with Crippen molar-refractivity contribution in [2.75, 3.05) is 13.1 Å². The van der Waals surface area contributed by atoms with Crippen molar-refractivity contribution < 1.29 is 9.59 Å². The Labute approximate surface area is 159 Å². The molecule has 1 aliphatic heterocycles. The molecule has 4 nitrogen and oxygen atoms in total. The summed E-state index contributed by atoms with van der Waals surface area (Å²) in [6.45, 7) is 1.86. The minimum atomic E-state index is 0.00114. The number of thiophene rings is 1. The molecule has 126 valence electrons. The van der Waals surface area contributed by atoms with E-state index in [1.807, 2.05) is 46.7 Å². The molecule has 6 heteroatoms. The first-order valence-corrected chi connectivity index (χ1v) is 9.94. The van der Waals surface area contributed by atoms with Crippen molar-refractivity contribution >= 4 is 45.7 Å². The van der Waals surface area contributed by atoms with E-state index >= 15 is 0 Å². The number of benzene rings is 1. The Morgan fingerprint density at radius 1 is 1.17 bits per heavy atom. The fraction of sp³-hybridized carbons (Fsp3) is 0.333. The molecule has 2 heterocycles. The van der Waals surface area contributed by atoms with Gasteiger partial charge in [-0.2, -0.15) is 0 Å². The zero-order valence-corrected chi connectivity index (χ0v) is 16.2. The van der Waals surface area contributed by atoms with Gasteiger partial charge >= 0.3 is 0 Å². The lowest BCUT2D eigenvalue weighted by atomic mass is 9.95. The number of nitrogens with one attached hydrogen (secondary N) is 1. The molecular formula is C18H19IN2O2S. The Morgan fingerprint density at radius 3 is 2.50 bits per heavy atom. The first-order chi connectivity index (χ1) is 11.6. The molecule has 2 aromatic rings. The lowest BCUT2D eigenvalue weighted by molar-refractivity contribution is -0.126. The molecule has 24 heavy (non-hydrogen) atoms. The first-order valence-electron chi connectivity index (χ1n) is 7.98. The highest BCUT2D eigenvalue weighted by atomic mass is 127. The molecule has 0 atom stereocenters. The minimum absolute atomic E-state index is 0.00114. The molecular weight excluding hydrogens is 435 g/mol. The molecule has 2 amide bonds. The lowest BCUT2D eigenvalue weighted by Crippen LogP contribution is -2.42. The summed E-state index contributed by atoms with van der Waals surface area (Å²) in [4.78, 5) is 27.3. The fourth-order valence-corrected chi connectivity index (χ4v) is 3.89. The van der Waals surface area contributed by atoms with E-state index in [1.54, 1.807) is 0 Å². The van der Waals surface area contributed by atoms with Gasteiger partial charge in [-0.05, 0) is 64.6 Å². The highest BCUT2D eigenvalue weighted by Gasteiger charge is 2.27. The number of carbonyl (C=O) groups is 2. The molecule has 0 radical (unpaired) electrons. The Bertz CT molecular complexity index is 692. The number of piperidine rings is 1. The second-order valence-corrected chi connectivity index (χ2v) is 8.08. The van der Waals surface area contributed by atoms with Crippen molar-refractivity contribution in [2.45, 2.75) is 19.4 Å². The van der Waals surface area contributed by atoms with Crippen molar-refractivity contribution in [1.29, 1.82) is 0 Å². The monoisotopic (exact) mass is 454 g/mol. The van der Waals surface area contributed by atoms with Crippen LogP contribution in [0.4, 0.5) is 0 Å². The molecule has 1 saturated heterocycles. The number of halogens is 1. The largest absolute Gasteiger partial charge is 0.352 e. The molecule has 0 unspecified atom stereocenters. The van der Waals surface area contributed by atoms with E-state index in [0.717, 1.165) is 23.3 Å². The third kappa shape index (κ3) is 4.36. The summed E-state index contributed by atoms with van der Waals surface area (Å²) in [6, 6.07) is 11.9. The molecule has 0 spiro atoms. The topological polar surface area (TPSA) is 49.4 Å². The summed E-state index contributed by atoms with van der Waals surface area (Å²) < 4.78 is 1.19. The Morgan fingerprint density at radius 2 is 1.88 bits per heavy atom. The van der Waals surface area contributed by atoms with Crippen LogP contribution < -0.4 is 5.32 Å². The highest BCUT2D eigenvalue weighted by molar-refractivity contribution is 14.1. The first kappa shape index (κ1) is 17.4. The quantitative estimate of drug-likeness (QED) is 0.719. The van der Waals surface area contributed by atoms with Crippen molar-refractivity contribution in [1.82, 2.24) is 10.2 Å². The maximum atomic E-state index is 12.3. The number of amides is 2. The molecule has 1 fully saturated rings. The predicted molar refractivity (Wildman–Crippen MR) is 104 cm³/mol. The van der Waals surface area contributed by atoms with E-state index in [0.29, 0.717) is 19.6 Å². The Hall–Kier alpha value is -1.41. The third-order valence-corrected chi connectivity index (χ3v) is 5.84. The van der Waals surface area contributed by atoms with E-state index in [2.05, 4.69) is 27.9 Å². The van der Waals surface area contributed by atoms with Gasteiger partial charge in [0.1, 0.15) is 0 Å². The number of hydrogen-bond donors (Lipinski definition) is 1. The van der Waals surface area contributed by atoms with Crippen LogP contribution in [0.15, 0.2) is 41.8 Å². The van der Waals surface area contributed by atoms with Crippen LogP contribution in [-0.4, -0.2) is 29.8 Å². The molecule has 1 N–H and O–H groups in total. The van der Waals surface area contributed by atoms with Gasteiger partial charge in [-0.25, -0.2) is 0 Å². The van der Waals surface area contributed by atoms with E-state index in [-0.39, 0.29) is 17.7 Å². The Kier molecular flexibility index (Phi) is 5.89. The predicted octanol–water partition coefficient (Wildman–Crippen LogP) is 3.52. The van der Waals surface area contributed by atoms with Crippen molar-refractivity contribution in [3.63, 3.8) is 0 Å². The molecule has 0 aliphatic carbocycles. The second-order valence-electron chi connectivity index (χ2n) is 5.89. The number of nitrogens with zero attached hydrogens (tertiary/aromatic N) is 1. The van der Waals surface area contributed by atoms with Gasteiger partial charge in [0.25, 0.3) is 5.91 Å². The number of hydrogen-bond acceptors (Lipinski definition) is 3. The smallest absolute Gasteiger partial charge is 0.263 e. The van der Waals surface area contributed by atoms with Gasteiger partial charge in [-0.1, -0.05) is 18.2 Å². The van der Waals surface area contributed by atoms with Crippen LogP contribution in [0.5, 0.6) is 0 Å². The molecule has 1 aliphatic rings. The van der Waals surface area contributed by atoms with Gasteiger partial charge in [0, 0.05) is 29.1 Å². The normalized spacial score (nSPS) is 15.3. The van der Waals surface area contributed by atoms with Gasteiger partial charge < -0.3 is 10.2 Å². The number of rotatable bonds is 4. The molecule has 3 rings (SSSR count). The average molecular weight is 454 g/mol. The minimum Gasteiger partial charge on any atom is -0.352 e. The summed E-state index contributed by atoms with van der Waals surface area (Å²) in [6.07, 6.45) is 1.46. The zero-order valence-electron chi connectivity index (χ0n) is 13.2. The maximum Gasteiger partial charge on any atom is 0.263 e. The van der Waals surface area contributed by atoms with Crippen molar-refractivity contribution in [2.24, 2.45) is 5.92 Å². The van der Waals surface area contributed by atoms with Gasteiger partial charge in [-0.15, -0.1) is 11.3 Å². The summed E-state index contributed by atoms with van der Waals surface area (Å²) in [5.41, 5.74) is 1.11. The summed E-state index contributed by atoms with van der Waals surface area (Å²) >= 11 is 3.73. The van der Waals surface area contributed by atoms with Crippen molar-refractivity contribution in [3.8, 4) is 0 Å². The van der Waals surface area contributed by atoms with Gasteiger partial charge in [0.2, 0.25) is 5.91 Å². The second kappa shape index (κ2) is 8.11. The van der Waals surface area contributed by atoms with Crippen LogP contribution in [0, 0.1) is 9.49 Å². The van der Waals surface area contributed by atoms with E-state index < -0.39 is 0 Å². The van der Waals surface area contributed by atoms with Crippen molar-refractivity contribution in [3.05, 3.63) is 55.8 Å². The van der Waals surface area contributed by atoms with Crippen LogP contribution in [0.1, 0.15) is 28.1 Å². The lowest BCUT2D eigenvalue weighted by Gasteiger charge is -2.31. The fourth-order valence-electron chi connectivity index (χ4n) is 2.84. The van der Waals surface area contributed by atoms with Crippen LogP contribution in [0.3, 0.4) is 0 Å². The Balaban J connectivity index is 1.46. The summed E-state index contributed by atoms with van der Waals surface area (Å²) in [5.74, 6) is 0.181. The van der Waals surface area contributed by atoms with E-state index in [1.165, 1.54) is 14.9 Å². The summed E-state index contributed by atoms with van der Waals surface area (Å²) in [7, 11) is 0. The number of likely N-dealkylation sites (tertiary alicyclic amines) is 1. The third-order valence-electron chi connectivity index (χ3n) is 4.26. The molecule has 0 saturated carbocycles. The maximum absolute atomic E-state index is 12.3. The van der Waals surface area contributed by atoms with Gasteiger partial charge in [0.15, 0.2) is 0 Å². The molecule has 1 aromatic heterocycles. The summed E-state index contributed by atoms with van der Waals surface area (Å²) in [5, 5.41) is 4.93. The SMILES string of the molecule is O=C(NCc1ccc(I)cc1)C1CCN(C(=O)c2cccs2)CC1. The van der Waals surface area contributed by atoms with Crippen LogP contribution in [-0.2, 0) is 11.3 Å². The van der Waals surface area contributed by atoms with Crippen LogP contribution >= 0.6 is 33.9 Å².